The Morgan fingerprint density at radius 3 is 2.58 bits per heavy atom. The lowest BCUT2D eigenvalue weighted by molar-refractivity contribution is 0.0933. The first-order chi connectivity index (χ1) is 9.34. The van der Waals surface area contributed by atoms with Gasteiger partial charge < -0.3 is 5.32 Å². The number of amides is 1. The van der Waals surface area contributed by atoms with Crippen LogP contribution in [0.5, 0.6) is 0 Å². The van der Waals surface area contributed by atoms with E-state index in [4.69, 9.17) is 0 Å². The van der Waals surface area contributed by atoms with E-state index < -0.39 is 0 Å². The first kappa shape index (κ1) is 12.0. The summed E-state index contributed by atoms with van der Waals surface area (Å²) in [7, 11) is 0. The van der Waals surface area contributed by atoms with Gasteiger partial charge in [0.25, 0.3) is 5.91 Å². The number of aryl methyl sites for hydroxylation is 1. The second kappa shape index (κ2) is 5.27. The van der Waals surface area contributed by atoms with Gasteiger partial charge in [0.15, 0.2) is 0 Å². The van der Waals surface area contributed by atoms with Gasteiger partial charge >= 0.3 is 0 Å². The van der Waals surface area contributed by atoms with Gasteiger partial charge in [0, 0.05) is 5.56 Å². The van der Waals surface area contributed by atoms with Crippen molar-refractivity contribution >= 4 is 5.91 Å². The molecule has 2 nitrogen and oxygen atoms in total. The molecule has 0 spiro atoms. The quantitative estimate of drug-likeness (QED) is 0.869. The lowest BCUT2D eigenvalue weighted by Gasteiger charge is -2.26. The molecule has 0 fully saturated rings. The molecule has 1 aliphatic carbocycles. The minimum absolute atomic E-state index is 0.0160. The topological polar surface area (TPSA) is 29.1 Å². The van der Waals surface area contributed by atoms with Crippen molar-refractivity contribution < 1.29 is 4.79 Å². The number of rotatable bonds is 2. The van der Waals surface area contributed by atoms with Crippen LogP contribution >= 0.6 is 0 Å². The van der Waals surface area contributed by atoms with E-state index in [1.54, 1.807) is 0 Å². The average molecular weight is 251 g/mol. The van der Waals surface area contributed by atoms with Gasteiger partial charge in [-0.05, 0) is 42.5 Å². The van der Waals surface area contributed by atoms with E-state index in [2.05, 4.69) is 23.5 Å². The van der Waals surface area contributed by atoms with Gasteiger partial charge in [-0.25, -0.2) is 0 Å². The Bertz CT molecular complexity index is 577. The van der Waals surface area contributed by atoms with Gasteiger partial charge in [-0.2, -0.15) is 0 Å². The molecule has 1 N–H and O–H groups in total. The normalized spacial score (nSPS) is 17.6. The third-order valence-electron chi connectivity index (χ3n) is 3.71. The summed E-state index contributed by atoms with van der Waals surface area (Å²) in [6.07, 6.45) is 3.28. The second-order valence-electron chi connectivity index (χ2n) is 4.98. The molecule has 1 amide bonds. The highest BCUT2D eigenvalue weighted by molar-refractivity contribution is 5.94. The molecule has 0 unspecified atom stereocenters. The highest BCUT2D eigenvalue weighted by atomic mass is 16.1. The molecule has 19 heavy (non-hydrogen) atoms. The summed E-state index contributed by atoms with van der Waals surface area (Å²) in [6.45, 7) is 0. The van der Waals surface area contributed by atoms with Crippen molar-refractivity contribution in [2.75, 3.05) is 0 Å². The molecule has 1 aliphatic rings. The summed E-state index contributed by atoms with van der Waals surface area (Å²) >= 11 is 0. The minimum Gasteiger partial charge on any atom is -0.345 e. The molecule has 0 aromatic heterocycles. The van der Waals surface area contributed by atoms with Crippen molar-refractivity contribution in [3.8, 4) is 0 Å². The molecule has 0 bridgehead atoms. The molecular weight excluding hydrogens is 234 g/mol. The molecule has 2 aromatic rings. The summed E-state index contributed by atoms with van der Waals surface area (Å²) < 4.78 is 0. The SMILES string of the molecule is O=C(N[C@H]1CCCc2ccccc21)c1ccccc1. The smallest absolute Gasteiger partial charge is 0.251 e. The van der Waals surface area contributed by atoms with Crippen LogP contribution in [0.1, 0.15) is 40.4 Å². The molecule has 0 heterocycles. The summed E-state index contributed by atoms with van der Waals surface area (Å²) in [5, 5.41) is 3.15. The van der Waals surface area contributed by atoms with E-state index in [1.165, 1.54) is 11.1 Å². The second-order valence-corrected chi connectivity index (χ2v) is 4.98. The van der Waals surface area contributed by atoms with Crippen LogP contribution in [-0.2, 0) is 6.42 Å². The van der Waals surface area contributed by atoms with E-state index in [0.717, 1.165) is 24.8 Å². The molecule has 0 saturated carbocycles. The van der Waals surface area contributed by atoms with Crippen molar-refractivity contribution in [1.82, 2.24) is 5.32 Å². The number of carbonyl (C=O) groups is 1. The number of hydrogen-bond acceptors (Lipinski definition) is 1. The predicted octanol–water partition coefficient (Wildman–Crippen LogP) is 3.49. The van der Waals surface area contributed by atoms with Gasteiger partial charge in [0.2, 0.25) is 0 Å². The monoisotopic (exact) mass is 251 g/mol. The van der Waals surface area contributed by atoms with E-state index >= 15 is 0 Å². The number of benzene rings is 2. The highest BCUT2D eigenvalue weighted by Crippen LogP contribution is 2.29. The third-order valence-corrected chi connectivity index (χ3v) is 3.71. The van der Waals surface area contributed by atoms with E-state index in [1.807, 2.05) is 36.4 Å². The molecule has 2 heteroatoms. The zero-order valence-corrected chi connectivity index (χ0v) is 10.8. The van der Waals surface area contributed by atoms with Crippen molar-refractivity contribution in [2.24, 2.45) is 0 Å². The van der Waals surface area contributed by atoms with Crippen molar-refractivity contribution in [3.63, 3.8) is 0 Å². The van der Waals surface area contributed by atoms with Gasteiger partial charge in [-0.1, -0.05) is 42.5 Å². The van der Waals surface area contributed by atoms with Crippen molar-refractivity contribution in [1.29, 1.82) is 0 Å². The fourth-order valence-electron chi connectivity index (χ4n) is 2.73. The number of carbonyl (C=O) groups excluding carboxylic acids is 1. The fraction of sp³-hybridized carbons (Fsp3) is 0.235. The standard InChI is InChI=1S/C17H17NO/c19-17(14-8-2-1-3-9-14)18-16-12-6-10-13-7-4-5-11-15(13)16/h1-5,7-9,11,16H,6,10,12H2,(H,18,19)/t16-/m0/s1. The number of hydrogen-bond donors (Lipinski definition) is 1. The Balaban J connectivity index is 1.80. The maximum Gasteiger partial charge on any atom is 0.251 e. The molecule has 96 valence electrons. The van der Waals surface area contributed by atoms with Crippen molar-refractivity contribution in [3.05, 3.63) is 71.3 Å². The summed E-state index contributed by atoms with van der Waals surface area (Å²) in [6, 6.07) is 18.0. The average Bonchev–Trinajstić information content (AvgIpc) is 2.48. The first-order valence-electron chi connectivity index (χ1n) is 6.78. The lowest BCUT2D eigenvalue weighted by Crippen LogP contribution is -2.30. The molecule has 3 rings (SSSR count). The Hall–Kier alpha value is -2.09. The number of fused-ring (bicyclic) bond motifs is 1. The van der Waals surface area contributed by atoms with E-state index in [9.17, 15) is 4.79 Å². The first-order valence-corrected chi connectivity index (χ1v) is 6.78. The molecule has 0 radical (unpaired) electrons. The Morgan fingerprint density at radius 2 is 1.74 bits per heavy atom. The van der Waals surface area contributed by atoms with Crippen molar-refractivity contribution in [2.45, 2.75) is 25.3 Å². The summed E-state index contributed by atoms with van der Waals surface area (Å²) in [5.41, 5.74) is 3.37. The van der Waals surface area contributed by atoms with Gasteiger partial charge in [0.05, 0.1) is 6.04 Å². The zero-order valence-electron chi connectivity index (χ0n) is 10.8. The van der Waals surface area contributed by atoms with Crippen LogP contribution in [0.4, 0.5) is 0 Å². The fourth-order valence-corrected chi connectivity index (χ4v) is 2.73. The van der Waals surface area contributed by atoms with E-state index in [0.29, 0.717) is 0 Å². The van der Waals surface area contributed by atoms with Gasteiger partial charge in [-0.15, -0.1) is 0 Å². The third kappa shape index (κ3) is 2.53. The maximum atomic E-state index is 12.2. The zero-order chi connectivity index (χ0) is 13.1. The summed E-state index contributed by atoms with van der Waals surface area (Å²) in [5.74, 6) is 0.0160. The molecule has 1 atom stereocenters. The molecule has 0 aliphatic heterocycles. The molecule has 0 saturated heterocycles. The maximum absolute atomic E-state index is 12.2. The summed E-state index contributed by atoms with van der Waals surface area (Å²) in [4.78, 5) is 12.2. The van der Waals surface area contributed by atoms with Crippen LogP contribution in [0.25, 0.3) is 0 Å². The van der Waals surface area contributed by atoms with Crippen LogP contribution in [0.2, 0.25) is 0 Å². The Labute approximate surface area is 113 Å². The van der Waals surface area contributed by atoms with Gasteiger partial charge in [0.1, 0.15) is 0 Å². The highest BCUT2D eigenvalue weighted by Gasteiger charge is 2.21. The number of nitrogens with one attached hydrogen (secondary N) is 1. The van der Waals surface area contributed by atoms with Crippen LogP contribution < -0.4 is 5.32 Å². The van der Waals surface area contributed by atoms with E-state index in [-0.39, 0.29) is 11.9 Å². The van der Waals surface area contributed by atoms with Crippen LogP contribution in [0.3, 0.4) is 0 Å². The van der Waals surface area contributed by atoms with Crippen LogP contribution in [-0.4, -0.2) is 5.91 Å². The Kier molecular flexibility index (Phi) is 3.32. The Morgan fingerprint density at radius 1 is 1.00 bits per heavy atom. The molecular formula is C17H17NO. The minimum atomic E-state index is 0.0160. The molecule has 2 aromatic carbocycles. The lowest BCUT2D eigenvalue weighted by atomic mass is 9.87. The van der Waals surface area contributed by atoms with Crippen LogP contribution in [0.15, 0.2) is 54.6 Å². The van der Waals surface area contributed by atoms with Crippen LogP contribution in [0, 0.1) is 0 Å². The predicted molar refractivity (Wildman–Crippen MR) is 76.0 cm³/mol. The van der Waals surface area contributed by atoms with Gasteiger partial charge in [-0.3, -0.25) is 4.79 Å². The largest absolute Gasteiger partial charge is 0.345 e.